The van der Waals surface area contributed by atoms with Gasteiger partial charge in [-0.25, -0.2) is 9.78 Å². The maximum Gasteiger partial charge on any atom is 0.339 e. The van der Waals surface area contributed by atoms with E-state index < -0.39 is 0 Å². The van der Waals surface area contributed by atoms with E-state index in [1.807, 2.05) is 31.2 Å². The van der Waals surface area contributed by atoms with Gasteiger partial charge in [0.25, 0.3) is 0 Å². The molecule has 1 aromatic carbocycles. The predicted octanol–water partition coefficient (Wildman–Crippen LogP) is 3.47. The number of carbonyl (C=O) groups excluding carboxylic acids is 1. The van der Waals surface area contributed by atoms with Crippen LogP contribution in [0.5, 0.6) is 0 Å². The Morgan fingerprint density at radius 1 is 1.21 bits per heavy atom. The topological polar surface area (TPSA) is 39.2 Å². The molecule has 0 aliphatic carbocycles. The number of carbonyl (C=O) groups is 1. The quantitative estimate of drug-likeness (QED) is 0.631. The number of thioether (sulfide) groups is 1. The number of hydrogen-bond donors (Lipinski definition) is 0. The molecule has 0 atom stereocenters. The van der Waals surface area contributed by atoms with E-state index in [4.69, 9.17) is 4.74 Å². The van der Waals surface area contributed by atoms with E-state index in [1.54, 1.807) is 17.8 Å². The fourth-order valence-electron chi connectivity index (χ4n) is 1.68. The Morgan fingerprint density at radius 3 is 2.58 bits per heavy atom. The summed E-state index contributed by atoms with van der Waals surface area (Å²) in [5.74, 6) is 0.523. The number of pyridine rings is 1. The summed E-state index contributed by atoms with van der Waals surface area (Å²) in [6, 6.07) is 13.8. The van der Waals surface area contributed by atoms with E-state index in [0.29, 0.717) is 11.3 Å². The number of esters is 1. The fourth-order valence-corrected chi connectivity index (χ4v) is 2.55. The normalized spacial score (nSPS) is 10.2. The van der Waals surface area contributed by atoms with Gasteiger partial charge in [-0.2, -0.15) is 0 Å². The number of aromatic nitrogens is 1. The number of rotatable bonds is 4. The van der Waals surface area contributed by atoms with E-state index in [9.17, 15) is 4.79 Å². The minimum absolute atomic E-state index is 0.343. The molecule has 1 heterocycles. The maximum absolute atomic E-state index is 11.5. The zero-order chi connectivity index (χ0) is 13.7. The van der Waals surface area contributed by atoms with Crippen LogP contribution in [0.3, 0.4) is 0 Å². The molecule has 4 heteroatoms. The lowest BCUT2D eigenvalue weighted by Crippen LogP contribution is -2.05. The lowest BCUT2D eigenvalue weighted by Gasteiger charge is -2.06. The van der Waals surface area contributed by atoms with Crippen LogP contribution in [0, 0.1) is 6.92 Å². The van der Waals surface area contributed by atoms with Crippen LogP contribution in [0.4, 0.5) is 0 Å². The summed E-state index contributed by atoms with van der Waals surface area (Å²) in [6.07, 6.45) is 0. The van der Waals surface area contributed by atoms with Gasteiger partial charge in [0, 0.05) is 5.75 Å². The van der Waals surface area contributed by atoms with Crippen LogP contribution in [0.1, 0.15) is 21.6 Å². The maximum atomic E-state index is 11.5. The summed E-state index contributed by atoms with van der Waals surface area (Å²) in [7, 11) is 1.37. The molecule has 3 nitrogen and oxygen atoms in total. The van der Waals surface area contributed by atoms with Crippen LogP contribution in [-0.2, 0) is 10.5 Å². The largest absolute Gasteiger partial charge is 0.465 e. The number of ether oxygens (including phenoxy) is 1. The molecule has 0 aliphatic rings. The van der Waals surface area contributed by atoms with Gasteiger partial charge in [0.2, 0.25) is 0 Å². The van der Waals surface area contributed by atoms with Crippen molar-refractivity contribution in [1.82, 2.24) is 4.98 Å². The molecule has 0 radical (unpaired) electrons. The third-order valence-electron chi connectivity index (χ3n) is 2.70. The summed E-state index contributed by atoms with van der Waals surface area (Å²) in [6.45, 7) is 1.82. The predicted molar refractivity (Wildman–Crippen MR) is 76.3 cm³/mol. The Morgan fingerprint density at radius 2 is 1.95 bits per heavy atom. The van der Waals surface area contributed by atoms with Crippen molar-refractivity contribution in [2.45, 2.75) is 17.7 Å². The molecule has 0 saturated heterocycles. The van der Waals surface area contributed by atoms with Crippen LogP contribution in [0.15, 0.2) is 47.5 Å². The second-order valence-electron chi connectivity index (χ2n) is 4.05. The SMILES string of the molecule is COC(=O)c1ccc(SCc2ccccc2)nc1C. The number of methoxy groups -OCH3 is 1. The van der Waals surface area contributed by atoms with Gasteiger partial charge < -0.3 is 4.74 Å². The highest BCUT2D eigenvalue weighted by Crippen LogP contribution is 2.22. The van der Waals surface area contributed by atoms with Gasteiger partial charge in [-0.3, -0.25) is 0 Å². The van der Waals surface area contributed by atoms with Gasteiger partial charge in [-0.05, 0) is 24.6 Å². The molecule has 0 spiro atoms. The van der Waals surface area contributed by atoms with E-state index in [1.165, 1.54) is 12.7 Å². The zero-order valence-electron chi connectivity index (χ0n) is 10.9. The average Bonchev–Trinajstić information content (AvgIpc) is 2.45. The highest BCUT2D eigenvalue weighted by Gasteiger charge is 2.10. The smallest absolute Gasteiger partial charge is 0.339 e. The Hall–Kier alpha value is -1.81. The van der Waals surface area contributed by atoms with Crippen LogP contribution >= 0.6 is 11.8 Å². The average molecular weight is 273 g/mol. The van der Waals surface area contributed by atoms with Crippen molar-refractivity contribution in [1.29, 1.82) is 0 Å². The highest BCUT2D eigenvalue weighted by atomic mass is 32.2. The van der Waals surface area contributed by atoms with E-state index in [0.717, 1.165) is 10.8 Å². The lowest BCUT2D eigenvalue weighted by atomic mass is 10.2. The first-order valence-electron chi connectivity index (χ1n) is 5.93. The van der Waals surface area contributed by atoms with Crippen molar-refractivity contribution >= 4 is 17.7 Å². The van der Waals surface area contributed by atoms with E-state index in [-0.39, 0.29) is 5.97 Å². The Balaban J connectivity index is 2.06. The standard InChI is InChI=1S/C15H15NO2S/c1-11-13(15(17)18-2)8-9-14(16-11)19-10-12-6-4-3-5-7-12/h3-9H,10H2,1-2H3. The van der Waals surface area contributed by atoms with Gasteiger partial charge in [-0.15, -0.1) is 11.8 Å². The molecule has 2 aromatic rings. The fraction of sp³-hybridized carbons (Fsp3) is 0.200. The molecule has 0 bridgehead atoms. The van der Waals surface area contributed by atoms with E-state index >= 15 is 0 Å². The van der Waals surface area contributed by atoms with Crippen LogP contribution < -0.4 is 0 Å². The first-order valence-corrected chi connectivity index (χ1v) is 6.92. The molecule has 0 N–H and O–H groups in total. The Kier molecular flexibility index (Phi) is 4.58. The van der Waals surface area contributed by atoms with Crippen molar-refractivity contribution in [3.63, 3.8) is 0 Å². The second kappa shape index (κ2) is 6.38. The first kappa shape index (κ1) is 13.6. The van der Waals surface area contributed by atoms with Gasteiger partial charge >= 0.3 is 5.97 Å². The number of benzene rings is 1. The first-order chi connectivity index (χ1) is 9.20. The molecule has 0 unspecified atom stereocenters. The Labute approximate surface area is 117 Å². The molecule has 0 aliphatic heterocycles. The molecule has 98 valence electrons. The van der Waals surface area contributed by atoms with Crippen molar-refractivity contribution in [3.8, 4) is 0 Å². The highest BCUT2D eigenvalue weighted by molar-refractivity contribution is 7.98. The minimum Gasteiger partial charge on any atom is -0.465 e. The lowest BCUT2D eigenvalue weighted by molar-refractivity contribution is 0.0599. The minimum atomic E-state index is -0.343. The van der Waals surface area contributed by atoms with Crippen molar-refractivity contribution in [3.05, 3.63) is 59.3 Å². The zero-order valence-corrected chi connectivity index (χ0v) is 11.7. The van der Waals surface area contributed by atoms with Gasteiger partial charge in [0.1, 0.15) is 0 Å². The molecular formula is C15H15NO2S. The van der Waals surface area contributed by atoms with Crippen molar-refractivity contribution in [2.75, 3.05) is 7.11 Å². The summed E-state index contributed by atoms with van der Waals surface area (Å²) < 4.78 is 4.70. The molecule has 0 amide bonds. The number of nitrogens with zero attached hydrogens (tertiary/aromatic N) is 1. The van der Waals surface area contributed by atoms with Crippen LogP contribution in [-0.4, -0.2) is 18.1 Å². The van der Waals surface area contributed by atoms with Crippen molar-refractivity contribution < 1.29 is 9.53 Å². The van der Waals surface area contributed by atoms with Crippen molar-refractivity contribution in [2.24, 2.45) is 0 Å². The molecule has 1 aromatic heterocycles. The summed E-state index contributed by atoms with van der Waals surface area (Å²) in [4.78, 5) is 15.9. The summed E-state index contributed by atoms with van der Waals surface area (Å²) in [5.41, 5.74) is 2.47. The molecule has 0 fully saturated rings. The molecule has 2 rings (SSSR count). The van der Waals surface area contributed by atoms with Crippen LogP contribution in [0.2, 0.25) is 0 Å². The number of hydrogen-bond acceptors (Lipinski definition) is 4. The molecular weight excluding hydrogens is 258 g/mol. The molecule has 0 saturated carbocycles. The second-order valence-corrected chi connectivity index (χ2v) is 5.04. The summed E-state index contributed by atoms with van der Waals surface area (Å²) >= 11 is 1.65. The van der Waals surface area contributed by atoms with E-state index in [2.05, 4.69) is 17.1 Å². The third-order valence-corrected chi connectivity index (χ3v) is 3.70. The van der Waals surface area contributed by atoms with Crippen LogP contribution in [0.25, 0.3) is 0 Å². The summed E-state index contributed by atoms with van der Waals surface area (Å²) in [5, 5.41) is 0.911. The van der Waals surface area contributed by atoms with Gasteiger partial charge in [0.05, 0.1) is 23.4 Å². The monoisotopic (exact) mass is 273 g/mol. The van der Waals surface area contributed by atoms with Gasteiger partial charge in [0.15, 0.2) is 0 Å². The number of aryl methyl sites for hydroxylation is 1. The van der Waals surface area contributed by atoms with Gasteiger partial charge in [-0.1, -0.05) is 30.3 Å². The third kappa shape index (κ3) is 3.58. The Bertz CT molecular complexity index is 570. The molecule has 19 heavy (non-hydrogen) atoms.